The third-order valence-electron chi connectivity index (χ3n) is 6.12. The van der Waals surface area contributed by atoms with Gasteiger partial charge in [0, 0.05) is 30.1 Å². The van der Waals surface area contributed by atoms with Crippen LogP contribution in [-0.2, 0) is 0 Å². The van der Waals surface area contributed by atoms with Crippen molar-refractivity contribution in [2.45, 2.75) is 37.8 Å². The van der Waals surface area contributed by atoms with E-state index in [1.54, 1.807) is 13.3 Å². The number of rotatable bonds is 4. The fourth-order valence-corrected chi connectivity index (χ4v) is 4.71. The summed E-state index contributed by atoms with van der Waals surface area (Å²) in [5, 5.41) is 12.0. The molecule has 3 fully saturated rings. The second-order valence-electron chi connectivity index (χ2n) is 7.64. The second-order valence-corrected chi connectivity index (χ2v) is 7.64. The van der Waals surface area contributed by atoms with Gasteiger partial charge in [0.25, 0.3) is 0 Å². The van der Waals surface area contributed by atoms with E-state index in [-0.39, 0.29) is 12.0 Å². The summed E-state index contributed by atoms with van der Waals surface area (Å²) in [5.74, 6) is -2.62. The summed E-state index contributed by atoms with van der Waals surface area (Å²) >= 11 is 0. The molecule has 0 spiro atoms. The van der Waals surface area contributed by atoms with E-state index in [1.807, 2.05) is 29.2 Å². The summed E-state index contributed by atoms with van der Waals surface area (Å²) in [6.45, 7) is 2.14. The lowest BCUT2D eigenvalue weighted by molar-refractivity contribution is -0.142. The number of aliphatic hydroxyl groups is 1. The number of hydrogen-bond donors (Lipinski definition) is 1. The minimum Gasteiger partial charge on any atom is -0.497 e. The number of pyridine rings is 1. The van der Waals surface area contributed by atoms with Crippen LogP contribution in [0, 0.1) is 11.8 Å². The van der Waals surface area contributed by atoms with Gasteiger partial charge in [0.15, 0.2) is 0 Å². The Kier molecular flexibility index (Phi) is 4.35. The maximum atomic E-state index is 13.9. The number of fused-ring (bicyclic) bond motifs is 4. The molecule has 1 N–H and O–H groups in total. The molecule has 1 unspecified atom stereocenters. The fraction of sp³-hybridized carbons (Fsp3) is 0.550. The van der Waals surface area contributed by atoms with Crippen LogP contribution < -0.4 is 4.74 Å². The van der Waals surface area contributed by atoms with Crippen LogP contribution in [0.4, 0.5) is 8.78 Å². The number of ether oxygens (including phenoxy) is 1. The van der Waals surface area contributed by atoms with Crippen molar-refractivity contribution in [3.8, 4) is 5.75 Å². The van der Waals surface area contributed by atoms with Crippen LogP contribution in [0.1, 0.15) is 31.4 Å². The van der Waals surface area contributed by atoms with Gasteiger partial charge >= 0.3 is 0 Å². The number of aliphatic hydroxyl groups excluding tert-OH is 1. The van der Waals surface area contributed by atoms with Gasteiger partial charge in [-0.1, -0.05) is 0 Å². The summed E-state index contributed by atoms with van der Waals surface area (Å²) in [4.78, 5) is 6.40. The van der Waals surface area contributed by atoms with Crippen molar-refractivity contribution in [2.24, 2.45) is 11.8 Å². The highest BCUT2D eigenvalue weighted by Crippen LogP contribution is 2.46. The highest BCUT2D eigenvalue weighted by Gasteiger charge is 2.50. The Morgan fingerprint density at radius 1 is 1.35 bits per heavy atom. The number of methoxy groups -OCH3 is 1. The largest absolute Gasteiger partial charge is 0.497 e. The molecule has 3 aliphatic rings. The number of aromatic nitrogens is 1. The predicted molar refractivity (Wildman–Crippen MR) is 95.5 cm³/mol. The summed E-state index contributed by atoms with van der Waals surface area (Å²) in [5.41, 5.74) is 1.57. The van der Waals surface area contributed by atoms with Crippen molar-refractivity contribution in [2.75, 3.05) is 20.2 Å². The number of alkyl halides is 2. The summed E-state index contributed by atoms with van der Waals surface area (Å²) in [7, 11) is 1.60. The van der Waals surface area contributed by atoms with E-state index in [2.05, 4.69) is 4.98 Å². The third-order valence-corrected chi connectivity index (χ3v) is 6.12. The number of halogens is 2. The van der Waals surface area contributed by atoms with E-state index in [9.17, 15) is 13.9 Å². The molecule has 0 saturated carbocycles. The first-order chi connectivity index (χ1) is 12.4. The average Bonchev–Trinajstić information content (AvgIpc) is 2.66. The van der Waals surface area contributed by atoms with Gasteiger partial charge in [-0.25, -0.2) is 8.78 Å². The average molecular weight is 362 g/mol. The lowest BCUT2D eigenvalue weighted by Gasteiger charge is -2.52. The van der Waals surface area contributed by atoms with Gasteiger partial charge in [-0.2, -0.15) is 0 Å². The van der Waals surface area contributed by atoms with Gasteiger partial charge in [-0.05, 0) is 62.1 Å². The maximum Gasteiger partial charge on any atom is 0.249 e. The van der Waals surface area contributed by atoms with Crippen molar-refractivity contribution in [3.05, 3.63) is 36.0 Å². The SMILES string of the molecule is COc1ccc2nccc([C@@H](O)[C@@H]3C[C@@H]4CCN3C[C@H]4C(C)(F)F)c2c1. The molecule has 5 atom stereocenters. The first-order valence-electron chi connectivity index (χ1n) is 9.11. The number of nitrogens with zero attached hydrogens (tertiary/aromatic N) is 2. The van der Waals surface area contributed by atoms with Crippen LogP contribution >= 0.6 is 0 Å². The molecule has 4 nitrogen and oxygen atoms in total. The molecule has 0 amide bonds. The molecule has 2 aromatic rings. The number of benzene rings is 1. The Balaban J connectivity index is 1.65. The summed E-state index contributed by atoms with van der Waals surface area (Å²) in [6.07, 6.45) is 2.33. The van der Waals surface area contributed by atoms with Gasteiger partial charge < -0.3 is 9.84 Å². The molecular weight excluding hydrogens is 338 g/mol. The smallest absolute Gasteiger partial charge is 0.249 e. The van der Waals surface area contributed by atoms with Gasteiger partial charge in [0.05, 0.1) is 18.7 Å². The van der Waals surface area contributed by atoms with Crippen molar-refractivity contribution in [1.29, 1.82) is 0 Å². The lowest BCUT2D eigenvalue weighted by atomic mass is 9.71. The van der Waals surface area contributed by atoms with Crippen LogP contribution in [0.5, 0.6) is 5.75 Å². The molecular formula is C20H24F2N2O2. The van der Waals surface area contributed by atoms with E-state index < -0.39 is 17.9 Å². The van der Waals surface area contributed by atoms with E-state index in [0.29, 0.717) is 18.7 Å². The zero-order valence-electron chi connectivity index (χ0n) is 15.0. The third kappa shape index (κ3) is 2.95. The van der Waals surface area contributed by atoms with Gasteiger partial charge in [-0.15, -0.1) is 0 Å². The van der Waals surface area contributed by atoms with Crippen LogP contribution in [0.15, 0.2) is 30.5 Å². The molecule has 2 bridgehead atoms. The number of hydrogen-bond acceptors (Lipinski definition) is 4. The van der Waals surface area contributed by atoms with Crippen LogP contribution in [-0.4, -0.2) is 47.2 Å². The van der Waals surface area contributed by atoms with E-state index in [4.69, 9.17) is 4.74 Å². The molecule has 5 rings (SSSR count). The lowest BCUT2D eigenvalue weighted by Crippen LogP contribution is -2.58. The molecule has 1 aromatic heterocycles. The first kappa shape index (κ1) is 17.6. The maximum absolute atomic E-state index is 13.9. The van der Waals surface area contributed by atoms with Crippen molar-refractivity contribution < 1.29 is 18.6 Å². The van der Waals surface area contributed by atoms with Crippen LogP contribution in [0.2, 0.25) is 0 Å². The quantitative estimate of drug-likeness (QED) is 0.902. The molecule has 26 heavy (non-hydrogen) atoms. The van der Waals surface area contributed by atoms with E-state index >= 15 is 0 Å². The normalized spacial score (nSPS) is 29.7. The highest BCUT2D eigenvalue weighted by molar-refractivity contribution is 5.83. The fourth-order valence-electron chi connectivity index (χ4n) is 4.71. The summed E-state index contributed by atoms with van der Waals surface area (Å²) < 4.78 is 33.1. The van der Waals surface area contributed by atoms with Crippen LogP contribution in [0.25, 0.3) is 10.9 Å². The van der Waals surface area contributed by atoms with Gasteiger partial charge in [0.1, 0.15) is 5.75 Å². The molecule has 3 saturated heterocycles. The number of piperidine rings is 3. The van der Waals surface area contributed by atoms with Crippen LogP contribution in [0.3, 0.4) is 0 Å². The molecule has 4 heterocycles. The minimum absolute atomic E-state index is 0.0395. The Bertz CT molecular complexity index is 808. The zero-order chi connectivity index (χ0) is 18.5. The molecule has 0 aliphatic carbocycles. The molecule has 0 radical (unpaired) electrons. The van der Waals surface area contributed by atoms with Gasteiger partial charge in [0.2, 0.25) is 5.92 Å². The monoisotopic (exact) mass is 362 g/mol. The summed E-state index contributed by atoms with van der Waals surface area (Å²) in [6, 6.07) is 7.27. The minimum atomic E-state index is -2.67. The van der Waals surface area contributed by atoms with E-state index in [1.165, 1.54) is 0 Å². The molecule has 3 aliphatic heterocycles. The predicted octanol–water partition coefficient (Wildman–Crippen LogP) is 3.64. The Morgan fingerprint density at radius 2 is 2.15 bits per heavy atom. The molecule has 140 valence electrons. The standard InChI is InChI=1S/C20H24F2N2O2/c1-20(21,22)16-11-24-8-6-12(16)9-18(24)19(25)14-5-7-23-17-4-3-13(26-2)10-15(14)17/h3-5,7,10,12,16,18-19,25H,6,8-9,11H2,1-2H3/t12-,16+,18-,19+/m0/s1. The van der Waals surface area contributed by atoms with Crippen molar-refractivity contribution in [1.82, 2.24) is 9.88 Å². The van der Waals surface area contributed by atoms with E-state index in [0.717, 1.165) is 36.4 Å². The Labute approximate surface area is 151 Å². The topological polar surface area (TPSA) is 45.6 Å². The van der Waals surface area contributed by atoms with Gasteiger partial charge in [-0.3, -0.25) is 9.88 Å². The van der Waals surface area contributed by atoms with Crippen molar-refractivity contribution >= 4 is 10.9 Å². The molecule has 6 heteroatoms. The molecule has 1 aromatic carbocycles. The van der Waals surface area contributed by atoms with Crippen molar-refractivity contribution in [3.63, 3.8) is 0 Å². The zero-order valence-corrected chi connectivity index (χ0v) is 15.0. The Morgan fingerprint density at radius 3 is 2.81 bits per heavy atom. The Hall–Kier alpha value is -1.79. The first-order valence-corrected chi connectivity index (χ1v) is 9.11. The highest BCUT2D eigenvalue weighted by atomic mass is 19.3. The second kappa shape index (κ2) is 6.43.